The summed E-state index contributed by atoms with van der Waals surface area (Å²) < 4.78 is 8.04. The van der Waals surface area contributed by atoms with Crippen LogP contribution in [-0.4, -0.2) is 79.8 Å². The van der Waals surface area contributed by atoms with Gasteiger partial charge in [-0.15, -0.1) is 5.10 Å². The molecule has 1 aliphatic rings. The van der Waals surface area contributed by atoms with Gasteiger partial charge in [0.1, 0.15) is 11.4 Å². The Morgan fingerprint density at radius 3 is 2.78 bits per heavy atom. The maximum Gasteiger partial charge on any atom is 0.222 e. The third kappa shape index (κ3) is 6.75. The van der Waals surface area contributed by atoms with E-state index in [1.807, 2.05) is 32.3 Å². The molecule has 2 N–H and O–H groups in total. The van der Waals surface area contributed by atoms with Crippen LogP contribution in [0.25, 0.3) is 0 Å². The molecule has 0 saturated heterocycles. The number of ether oxygens (including phenoxy) is 1. The number of aromatic hydroxyl groups is 1. The van der Waals surface area contributed by atoms with Gasteiger partial charge in [0.2, 0.25) is 5.91 Å². The number of hydrogen-bond acceptors (Lipinski definition) is 7. The molecule has 1 aromatic carbocycles. The lowest BCUT2D eigenvalue weighted by Crippen LogP contribution is -2.47. The summed E-state index contributed by atoms with van der Waals surface area (Å²) in [5, 5.41) is 27.6. The number of phenols is 1. The van der Waals surface area contributed by atoms with Gasteiger partial charge in [0, 0.05) is 38.5 Å². The van der Waals surface area contributed by atoms with Gasteiger partial charge in [-0.25, -0.2) is 0 Å². The largest absolute Gasteiger partial charge is 0.508 e. The number of aromatic nitrogens is 3. The van der Waals surface area contributed by atoms with E-state index in [4.69, 9.17) is 4.74 Å². The van der Waals surface area contributed by atoms with Gasteiger partial charge < -0.3 is 19.8 Å². The van der Waals surface area contributed by atoms with Crippen molar-refractivity contribution in [3.8, 4) is 5.75 Å². The highest BCUT2D eigenvalue weighted by molar-refractivity contribution is 5.76. The molecule has 1 amide bonds. The molecule has 9 nitrogen and oxygen atoms in total. The number of aliphatic hydroxyl groups is 1. The predicted molar refractivity (Wildman–Crippen MR) is 120 cm³/mol. The number of aryl methyl sites for hydroxylation is 1. The minimum absolute atomic E-state index is 0.0363. The van der Waals surface area contributed by atoms with Crippen LogP contribution in [0.15, 0.2) is 30.5 Å². The summed E-state index contributed by atoms with van der Waals surface area (Å²) in [5.41, 5.74) is 1.87. The Bertz CT molecular complexity index is 856. The Balaban J connectivity index is 1.75. The summed E-state index contributed by atoms with van der Waals surface area (Å²) in [5.74, 6) is 0.333. The van der Waals surface area contributed by atoms with Crippen LogP contribution in [0, 0.1) is 5.92 Å². The number of benzene rings is 1. The van der Waals surface area contributed by atoms with E-state index >= 15 is 0 Å². The molecular formula is C23H35N5O4. The lowest BCUT2D eigenvalue weighted by molar-refractivity contribution is -0.136. The summed E-state index contributed by atoms with van der Waals surface area (Å²) in [6, 6.07) is 6.93. The van der Waals surface area contributed by atoms with Crippen molar-refractivity contribution in [2.75, 3.05) is 26.7 Å². The van der Waals surface area contributed by atoms with Crippen molar-refractivity contribution in [3.05, 3.63) is 41.7 Å². The minimum atomic E-state index is -0.247. The van der Waals surface area contributed by atoms with Crippen LogP contribution in [0.2, 0.25) is 0 Å². The zero-order valence-corrected chi connectivity index (χ0v) is 19.2. The van der Waals surface area contributed by atoms with E-state index in [0.29, 0.717) is 45.6 Å². The molecule has 0 spiro atoms. The van der Waals surface area contributed by atoms with E-state index in [1.165, 1.54) is 0 Å². The van der Waals surface area contributed by atoms with Gasteiger partial charge in [-0.2, -0.15) is 0 Å². The summed E-state index contributed by atoms with van der Waals surface area (Å²) in [6.07, 6.45) is 2.80. The topological polar surface area (TPSA) is 104 Å². The van der Waals surface area contributed by atoms with Crippen molar-refractivity contribution in [2.45, 2.75) is 58.5 Å². The second-order valence-electron chi connectivity index (χ2n) is 8.84. The molecule has 3 atom stereocenters. The molecule has 176 valence electrons. The standard InChI is InChI=1S/C23H35N5O4/c1-17-11-28(18(2)15-29)23(31)5-4-10-27-13-20(24-25-27)16-32-22(17)14-26(3)12-19-6-8-21(30)9-7-19/h6-9,13,17-18,22,29-30H,4-5,10-12,14-16H2,1-3H3/t17-,18-,22+/m1/s1. The van der Waals surface area contributed by atoms with Crippen LogP contribution in [0.1, 0.15) is 37.9 Å². The van der Waals surface area contributed by atoms with E-state index in [9.17, 15) is 15.0 Å². The first-order valence-electron chi connectivity index (χ1n) is 11.2. The Labute approximate surface area is 189 Å². The number of phenolic OH excluding ortho intramolecular Hbond substituents is 1. The average Bonchev–Trinajstić information content (AvgIpc) is 3.23. The highest BCUT2D eigenvalue weighted by Gasteiger charge is 2.28. The fourth-order valence-electron chi connectivity index (χ4n) is 3.98. The second-order valence-corrected chi connectivity index (χ2v) is 8.84. The molecule has 1 aromatic heterocycles. The van der Waals surface area contributed by atoms with Gasteiger partial charge in [-0.05, 0) is 38.1 Å². The highest BCUT2D eigenvalue weighted by atomic mass is 16.5. The van der Waals surface area contributed by atoms with Crippen LogP contribution in [-0.2, 0) is 29.2 Å². The van der Waals surface area contributed by atoms with Gasteiger partial charge >= 0.3 is 0 Å². The zero-order chi connectivity index (χ0) is 23.1. The minimum Gasteiger partial charge on any atom is -0.508 e. The van der Waals surface area contributed by atoms with Crippen LogP contribution in [0.5, 0.6) is 5.75 Å². The Hall–Kier alpha value is -2.49. The van der Waals surface area contributed by atoms with Gasteiger partial charge in [0.25, 0.3) is 0 Å². The molecule has 0 radical (unpaired) electrons. The number of nitrogens with zero attached hydrogens (tertiary/aromatic N) is 5. The Morgan fingerprint density at radius 1 is 1.31 bits per heavy atom. The molecular weight excluding hydrogens is 410 g/mol. The van der Waals surface area contributed by atoms with Crippen molar-refractivity contribution < 1.29 is 19.7 Å². The van der Waals surface area contributed by atoms with E-state index in [2.05, 4.69) is 22.1 Å². The molecule has 0 fully saturated rings. The fraction of sp³-hybridized carbons (Fsp3) is 0.609. The zero-order valence-electron chi connectivity index (χ0n) is 19.2. The van der Waals surface area contributed by atoms with Crippen LogP contribution in [0.4, 0.5) is 0 Å². The molecule has 0 saturated carbocycles. The van der Waals surface area contributed by atoms with Crippen molar-refractivity contribution in [3.63, 3.8) is 0 Å². The first kappa shape index (κ1) is 24.2. The normalized spacial score (nSPS) is 21.7. The van der Waals surface area contributed by atoms with Crippen LogP contribution in [0.3, 0.4) is 0 Å². The van der Waals surface area contributed by atoms with Crippen molar-refractivity contribution >= 4 is 5.91 Å². The number of rotatable bonds is 6. The number of hydrogen-bond donors (Lipinski definition) is 2. The molecule has 2 heterocycles. The lowest BCUT2D eigenvalue weighted by Gasteiger charge is -2.35. The molecule has 2 aromatic rings. The predicted octanol–water partition coefficient (Wildman–Crippen LogP) is 1.64. The molecule has 32 heavy (non-hydrogen) atoms. The van der Waals surface area contributed by atoms with Crippen molar-refractivity contribution in [1.29, 1.82) is 0 Å². The SMILES string of the molecule is C[C@@H]1CN([C@H](C)CO)C(=O)CCCn2cc(nn2)CO[C@H]1CN(C)Cc1ccc(O)cc1. The van der Waals surface area contributed by atoms with E-state index in [-0.39, 0.29) is 36.3 Å². The van der Waals surface area contributed by atoms with Crippen molar-refractivity contribution in [2.24, 2.45) is 5.92 Å². The fourth-order valence-corrected chi connectivity index (χ4v) is 3.98. The van der Waals surface area contributed by atoms with E-state index < -0.39 is 0 Å². The first-order chi connectivity index (χ1) is 15.4. The van der Waals surface area contributed by atoms with Gasteiger partial charge in [-0.1, -0.05) is 24.3 Å². The summed E-state index contributed by atoms with van der Waals surface area (Å²) in [7, 11) is 2.03. The van der Waals surface area contributed by atoms with E-state index in [1.54, 1.807) is 21.7 Å². The monoisotopic (exact) mass is 445 g/mol. The maximum atomic E-state index is 12.9. The Kier molecular flexibility index (Phi) is 8.60. The van der Waals surface area contributed by atoms with Crippen LogP contribution >= 0.6 is 0 Å². The summed E-state index contributed by atoms with van der Waals surface area (Å²) in [6.45, 7) is 6.74. The van der Waals surface area contributed by atoms with Gasteiger partial charge in [-0.3, -0.25) is 14.4 Å². The summed E-state index contributed by atoms with van der Waals surface area (Å²) in [4.78, 5) is 16.9. The number of fused-ring (bicyclic) bond motifs is 2. The smallest absolute Gasteiger partial charge is 0.222 e. The molecule has 2 bridgehead atoms. The molecule has 1 aliphatic heterocycles. The second kappa shape index (κ2) is 11.4. The molecule has 0 aliphatic carbocycles. The number of carbonyl (C=O) groups excluding carboxylic acids is 1. The Morgan fingerprint density at radius 2 is 2.06 bits per heavy atom. The van der Waals surface area contributed by atoms with Gasteiger partial charge in [0.15, 0.2) is 0 Å². The number of amides is 1. The third-order valence-corrected chi connectivity index (χ3v) is 5.93. The van der Waals surface area contributed by atoms with E-state index in [0.717, 1.165) is 11.3 Å². The third-order valence-electron chi connectivity index (χ3n) is 5.93. The first-order valence-corrected chi connectivity index (χ1v) is 11.2. The van der Waals surface area contributed by atoms with Crippen molar-refractivity contribution in [1.82, 2.24) is 24.8 Å². The van der Waals surface area contributed by atoms with Gasteiger partial charge in [0.05, 0.1) is 31.6 Å². The molecule has 3 rings (SSSR count). The lowest BCUT2D eigenvalue weighted by atomic mass is 10.0. The molecule has 9 heteroatoms. The summed E-state index contributed by atoms with van der Waals surface area (Å²) >= 11 is 0. The number of likely N-dealkylation sites (N-methyl/N-ethyl adjacent to an activating group) is 1. The quantitative estimate of drug-likeness (QED) is 0.697. The number of carbonyl (C=O) groups is 1. The number of aliphatic hydroxyl groups excluding tert-OH is 1. The highest BCUT2D eigenvalue weighted by Crippen LogP contribution is 2.18. The van der Waals surface area contributed by atoms with Crippen LogP contribution < -0.4 is 0 Å². The maximum absolute atomic E-state index is 12.9. The molecule has 0 unspecified atom stereocenters. The average molecular weight is 446 g/mol.